The zero-order valence-electron chi connectivity index (χ0n) is 46.3. The van der Waals surface area contributed by atoms with E-state index >= 15 is 0 Å². The minimum absolute atomic E-state index is 0.0373. The van der Waals surface area contributed by atoms with Gasteiger partial charge in [0.05, 0.1) is 0 Å². The van der Waals surface area contributed by atoms with Gasteiger partial charge in [-0.15, -0.1) is 0 Å². The molecule has 0 radical (unpaired) electrons. The van der Waals surface area contributed by atoms with Gasteiger partial charge < -0.3 is 0 Å². The van der Waals surface area contributed by atoms with Crippen molar-refractivity contribution in [1.29, 1.82) is 0 Å². The van der Waals surface area contributed by atoms with Crippen molar-refractivity contribution in [2.24, 2.45) is 52.3 Å². The van der Waals surface area contributed by atoms with E-state index in [1.807, 2.05) is 0 Å². The summed E-state index contributed by atoms with van der Waals surface area (Å²) >= 11 is 0. The minimum Gasteiger partial charge on any atom is -0.0628 e. The van der Waals surface area contributed by atoms with Crippen LogP contribution < -0.4 is 0 Å². The van der Waals surface area contributed by atoms with Crippen molar-refractivity contribution in [3.05, 3.63) is 193 Å². The molecule has 0 aliphatic heterocycles. The molecule has 0 saturated heterocycles. The van der Waals surface area contributed by atoms with Crippen LogP contribution in [0.5, 0.6) is 0 Å². The predicted octanol–water partition coefficient (Wildman–Crippen LogP) is 21.8. The fourth-order valence-corrected chi connectivity index (χ4v) is 19.2. The molecule has 15 rings (SSSR count). The predicted molar refractivity (Wildman–Crippen MR) is 330 cm³/mol. The van der Waals surface area contributed by atoms with Gasteiger partial charge in [-0.05, 0) is 232 Å². The molecule has 9 atom stereocenters. The zero-order chi connectivity index (χ0) is 51.8. The monoisotopic (exact) mass is 1000 g/mol. The summed E-state index contributed by atoms with van der Waals surface area (Å²) in [6.07, 6.45) is 16.9. The van der Waals surface area contributed by atoms with Crippen LogP contribution in [0.15, 0.2) is 182 Å². The second-order valence-electron chi connectivity index (χ2n) is 26.5. The fourth-order valence-electron chi connectivity index (χ4n) is 19.2. The highest BCUT2D eigenvalue weighted by atomic mass is 14.7. The Balaban J connectivity index is 0.828. The van der Waals surface area contributed by atoms with Gasteiger partial charge in [-0.3, -0.25) is 0 Å². The average Bonchev–Trinajstić information content (AvgIpc) is 4.10. The van der Waals surface area contributed by atoms with Gasteiger partial charge in [-0.1, -0.05) is 224 Å². The molecule has 0 N–H and O–H groups in total. The Bertz CT molecular complexity index is 3910. The number of benzene rings is 10. The molecule has 0 bridgehead atoms. The third-order valence-corrected chi connectivity index (χ3v) is 22.7. The molecule has 0 nitrogen and oxygen atoms in total. The molecule has 10 aromatic rings. The molecule has 0 heteroatoms. The summed E-state index contributed by atoms with van der Waals surface area (Å²) < 4.78 is 0. The van der Waals surface area contributed by atoms with E-state index in [4.69, 9.17) is 0 Å². The molecule has 4 saturated carbocycles. The van der Waals surface area contributed by atoms with Gasteiger partial charge in [0.1, 0.15) is 0 Å². The van der Waals surface area contributed by atoms with E-state index < -0.39 is 0 Å². The summed E-state index contributed by atoms with van der Waals surface area (Å²) in [5.41, 5.74) is 15.1. The Hall–Kier alpha value is -6.50. The summed E-state index contributed by atoms with van der Waals surface area (Å²) in [7, 11) is 0. The van der Waals surface area contributed by atoms with Gasteiger partial charge in [0, 0.05) is 5.41 Å². The first-order chi connectivity index (χ1) is 37.6. The van der Waals surface area contributed by atoms with Crippen molar-refractivity contribution < 1.29 is 0 Å². The maximum atomic E-state index is 2.81. The minimum atomic E-state index is 0.0373. The van der Waals surface area contributed by atoms with Crippen molar-refractivity contribution in [3.63, 3.8) is 0 Å². The second-order valence-corrected chi connectivity index (χ2v) is 26.5. The molecule has 4 fully saturated rings. The normalized spacial score (nSPS) is 26.8. The Morgan fingerprint density at radius 2 is 1.04 bits per heavy atom. The smallest absolute Gasteiger partial charge is 0.0218 e. The SMILES string of the molecule is CC(C)CCCC(C)C1CCC2C3CCC4CC5(CCC4(C)C3CCC12C)c1ccccc1-c1ccc(-c2c3ccccc3cc3c2ccc2c(-c4c6ccccc6c(-c6ccccc6)c6ccccc46)cccc23)cc15. The van der Waals surface area contributed by atoms with Crippen LogP contribution >= 0.6 is 0 Å². The van der Waals surface area contributed by atoms with Gasteiger partial charge >= 0.3 is 0 Å². The van der Waals surface area contributed by atoms with Crippen LogP contribution in [0, 0.1) is 52.3 Å². The van der Waals surface area contributed by atoms with E-state index in [2.05, 4.69) is 217 Å². The molecule has 5 aliphatic rings. The molecule has 0 aromatic heterocycles. The lowest BCUT2D eigenvalue weighted by Crippen LogP contribution is -2.55. The molecule has 384 valence electrons. The molecule has 5 aliphatic carbocycles. The van der Waals surface area contributed by atoms with Gasteiger partial charge in [0.25, 0.3) is 0 Å². The van der Waals surface area contributed by atoms with Crippen molar-refractivity contribution in [2.75, 3.05) is 0 Å². The highest BCUT2D eigenvalue weighted by Gasteiger charge is 2.63. The highest BCUT2D eigenvalue weighted by molar-refractivity contribution is 6.26. The summed E-state index contributed by atoms with van der Waals surface area (Å²) in [4.78, 5) is 0. The molecule has 0 heterocycles. The first kappa shape index (κ1) is 47.7. The molecule has 10 aromatic carbocycles. The van der Waals surface area contributed by atoms with Crippen molar-refractivity contribution in [1.82, 2.24) is 0 Å². The van der Waals surface area contributed by atoms with E-state index in [9.17, 15) is 0 Å². The molecule has 9 unspecified atom stereocenters. The number of rotatable bonds is 8. The topological polar surface area (TPSA) is 0 Å². The van der Waals surface area contributed by atoms with Gasteiger partial charge in [-0.2, -0.15) is 0 Å². The summed E-state index contributed by atoms with van der Waals surface area (Å²) in [5, 5.41) is 13.1. The van der Waals surface area contributed by atoms with E-state index in [-0.39, 0.29) is 5.41 Å². The quantitative estimate of drug-likeness (QED) is 0.105. The zero-order valence-corrected chi connectivity index (χ0v) is 46.3. The maximum Gasteiger partial charge on any atom is 0.0218 e. The van der Waals surface area contributed by atoms with Crippen molar-refractivity contribution >= 4 is 53.9 Å². The van der Waals surface area contributed by atoms with Crippen molar-refractivity contribution in [3.8, 4) is 44.5 Å². The molecular formula is C77H76. The van der Waals surface area contributed by atoms with Crippen LogP contribution in [-0.4, -0.2) is 0 Å². The van der Waals surface area contributed by atoms with Crippen LogP contribution in [0.2, 0.25) is 0 Å². The first-order valence-corrected chi connectivity index (χ1v) is 30.3. The van der Waals surface area contributed by atoms with Gasteiger partial charge in [0.2, 0.25) is 0 Å². The van der Waals surface area contributed by atoms with E-state index in [1.165, 1.54) is 175 Å². The Labute approximate surface area is 458 Å². The summed E-state index contributed by atoms with van der Waals surface area (Å²) in [5.74, 6) is 6.07. The number of fused-ring (bicyclic) bond motifs is 16. The van der Waals surface area contributed by atoms with Crippen molar-refractivity contribution in [2.45, 2.75) is 117 Å². The van der Waals surface area contributed by atoms with Crippen LogP contribution in [-0.2, 0) is 5.41 Å². The van der Waals surface area contributed by atoms with Crippen LogP contribution in [0.4, 0.5) is 0 Å². The van der Waals surface area contributed by atoms with Gasteiger partial charge in [0.15, 0.2) is 0 Å². The number of hydrogen-bond donors (Lipinski definition) is 0. The average molecular weight is 1000 g/mol. The Morgan fingerprint density at radius 3 is 1.82 bits per heavy atom. The molecule has 77 heavy (non-hydrogen) atoms. The summed E-state index contributed by atoms with van der Waals surface area (Å²) in [6.45, 7) is 13.0. The standard InChI is InChI=1S/C77H76/c1-48(2)19-17-20-49(3)67-39-40-68-65-36-34-53-47-77(44-43-75(53,4)69(65)41-42-76(67,68)5)70-32-16-15-25-57(70)58-35-33-52(46-71(58)77)73-54-24-10-9-23-51(54)45-66-55-30-18-31-59(56(55)37-38-64(66)73)74-62-28-13-11-26-60(62)72(50-21-7-6-8-22-50)61-27-12-14-29-63(61)74/h6-16,18,21-33,35,37-38,45-46,48-49,53,65,67-69H,17,19-20,34,36,39-44,47H2,1-5H3. The van der Waals surface area contributed by atoms with Crippen LogP contribution in [0.1, 0.15) is 123 Å². The Morgan fingerprint density at radius 1 is 0.416 bits per heavy atom. The van der Waals surface area contributed by atoms with Gasteiger partial charge in [-0.25, -0.2) is 0 Å². The third kappa shape index (κ3) is 7.08. The number of hydrogen-bond acceptors (Lipinski definition) is 0. The third-order valence-electron chi connectivity index (χ3n) is 22.7. The lowest BCUT2D eigenvalue weighted by Gasteiger charge is -2.63. The van der Waals surface area contributed by atoms with Crippen LogP contribution in [0.25, 0.3) is 98.4 Å². The molecular weight excluding hydrogens is 925 g/mol. The first-order valence-electron chi connectivity index (χ1n) is 30.3. The summed E-state index contributed by atoms with van der Waals surface area (Å²) in [6, 6.07) is 70.3. The lowest BCUT2D eigenvalue weighted by atomic mass is 9.42. The Kier molecular flexibility index (Phi) is 11.2. The molecule has 1 spiro atoms. The largest absolute Gasteiger partial charge is 0.0628 e. The second kappa shape index (κ2) is 18.0. The van der Waals surface area contributed by atoms with E-state index in [0.29, 0.717) is 10.8 Å². The molecule has 0 amide bonds. The van der Waals surface area contributed by atoms with Crippen LogP contribution in [0.3, 0.4) is 0 Å². The fraction of sp³-hybridized carbons (Fsp3) is 0.351. The lowest BCUT2D eigenvalue weighted by molar-refractivity contribution is -0.121. The van der Waals surface area contributed by atoms with E-state index in [0.717, 1.165) is 41.4 Å². The highest BCUT2D eigenvalue weighted by Crippen LogP contribution is 2.71. The van der Waals surface area contributed by atoms with E-state index in [1.54, 1.807) is 11.1 Å². The maximum absolute atomic E-state index is 2.81.